The molecule has 0 heterocycles. The summed E-state index contributed by atoms with van der Waals surface area (Å²) in [6.45, 7) is 0. The normalized spacial score (nSPS) is 10.1. The summed E-state index contributed by atoms with van der Waals surface area (Å²) in [7, 11) is 1.42. The molecule has 3 N–H and O–H groups in total. The molecule has 1 amide bonds. The first-order chi connectivity index (χ1) is 9.51. The molecule has 0 aliphatic heterocycles. The summed E-state index contributed by atoms with van der Waals surface area (Å²) in [4.78, 5) is 12.0. The smallest absolute Gasteiger partial charge is 0.255 e. The van der Waals surface area contributed by atoms with E-state index in [1.807, 2.05) is 0 Å². The van der Waals surface area contributed by atoms with Crippen LogP contribution in [-0.4, -0.2) is 23.2 Å². The number of hydrogen-bond acceptors (Lipinski definition) is 4. The first kappa shape index (κ1) is 14.0. The SMILES string of the molecule is COc1ccc(C(=O)Nc2ccc(O)cc2Cl)cc1O. The van der Waals surface area contributed by atoms with E-state index >= 15 is 0 Å². The zero-order chi connectivity index (χ0) is 14.7. The number of carbonyl (C=O) groups excluding carboxylic acids is 1. The number of phenols is 2. The van der Waals surface area contributed by atoms with Crippen LogP contribution < -0.4 is 10.1 Å². The maximum Gasteiger partial charge on any atom is 0.255 e. The predicted molar refractivity (Wildman–Crippen MR) is 75.7 cm³/mol. The van der Waals surface area contributed by atoms with Crippen LogP contribution in [0.4, 0.5) is 5.69 Å². The summed E-state index contributed by atoms with van der Waals surface area (Å²) in [6.07, 6.45) is 0. The summed E-state index contributed by atoms with van der Waals surface area (Å²) in [5, 5.41) is 21.7. The first-order valence-corrected chi connectivity index (χ1v) is 6.06. The highest BCUT2D eigenvalue weighted by Gasteiger charge is 2.11. The Bertz CT molecular complexity index is 658. The minimum absolute atomic E-state index is 0.00934. The van der Waals surface area contributed by atoms with Gasteiger partial charge in [0.15, 0.2) is 11.5 Å². The van der Waals surface area contributed by atoms with Gasteiger partial charge in [0.2, 0.25) is 0 Å². The Hall–Kier alpha value is -2.40. The average Bonchev–Trinajstić information content (AvgIpc) is 2.41. The van der Waals surface area contributed by atoms with E-state index < -0.39 is 5.91 Å². The van der Waals surface area contributed by atoms with Crippen LogP contribution in [-0.2, 0) is 0 Å². The van der Waals surface area contributed by atoms with Crippen LogP contribution in [0.15, 0.2) is 36.4 Å². The molecule has 0 spiro atoms. The largest absolute Gasteiger partial charge is 0.508 e. The summed E-state index contributed by atoms with van der Waals surface area (Å²) in [6, 6.07) is 8.52. The second-order valence-corrected chi connectivity index (χ2v) is 4.41. The molecule has 20 heavy (non-hydrogen) atoms. The lowest BCUT2D eigenvalue weighted by Gasteiger charge is -2.09. The quantitative estimate of drug-likeness (QED) is 0.760. The fourth-order valence-electron chi connectivity index (χ4n) is 1.63. The number of ether oxygens (including phenoxy) is 1. The van der Waals surface area contributed by atoms with Crippen molar-refractivity contribution in [3.63, 3.8) is 0 Å². The van der Waals surface area contributed by atoms with Crippen LogP contribution >= 0.6 is 11.6 Å². The van der Waals surface area contributed by atoms with Crippen LogP contribution in [0, 0.1) is 0 Å². The lowest BCUT2D eigenvalue weighted by molar-refractivity contribution is 0.102. The Balaban J connectivity index is 2.21. The van der Waals surface area contributed by atoms with Gasteiger partial charge in [-0.3, -0.25) is 4.79 Å². The van der Waals surface area contributed by atoms with Crippen molar-refractivity contribution in [2.75, 3.05) is 12.4 Å². The third-order valence-corrected chi connectivity index (χ3v) is 2.95. The lowest BCUT2D eigenvalue weighted by Crippen LogP contribution is -2.12. The van der Waals surface area contributed by atoms with E-state index in [1.54, 1.807) is 0 Å². The van der Waals surface area contributed by atoms with Crippen molar-refractivity contribution in [3.05, 3.63) is 47.0 Å². The number of phenolic OH excluding ortho intramolecular Hbond substituents is 2. The van der Waals surface area contributed by atoms with Gasteiger partial charge in [0.25, 0.3) is 5.91 Å². The number of halogens is 1. The molecule has 0 aliphatic rings. The molecule has 2 aromatic rings. The zero-order valence-electron chi connectivity index (χ0n) is 10.6. The van der Waals surface area contributed by atoms with Crippen molar-refractivity contribution >= 4 is 23.2 Å². The number of hydrogen-bond donors (Lipinski definition) is 3. The molecule has 2 rings (SSSR count). The van der Waals surface area contributed by atoms with Gasteiger partial charge in [-0.05, 0) is 30.3 Å². The predicted octanol–water partition coefficient (Wildman–Crippen LogP) is 3.01. The highest BCUT2D eigenvalue weighted by atomic mass is 35.5. The minimum atomic E-state index is -0.435. The van der Waals surface area contributed by atoms with Crippen molar-refractivity contribution in [2.24, 2.45) is 0 Å². The third kappa shape index (κ3) is 2.95. The van der Waals surface area contributed by atoms with Crippen LogP contribution in [0.3, 0.4) is 0 Å². The number of rotatable bonds is 3. The Morgan fingerprint density at radius 1 is 1.20 bits per heavy atom. The van der Waals surface area contributed by atoms with Gasteiger partial charge in [-0.2, -0.15) is 0 Å². The van der Waals surface area contributed by atoms with E-state index in [9.17, 15) is 15.0 Å². The molecule has 0 unspecified atom stereocenters. The van der Waals surface area contributed by atoms with Crippen molar-refractivity contribution in [3.8, 4) is 17.2 Å². The van der Waals surface area contributed by atoms with Gasteiger partial charge < -0.3 is 20.3 Å². The Labute approximate surface area is 120 Å². The van der Waals surface area contributed by atoms with Crippen LogP contribution in [0.5, 0.6) is 17.2 Å². The summed E-state index contributed by atoms with van der Waals surface area (Å²) in [5.41, 5.74) is 0.622. The van der Waals surface area contributed by atoms with Crippen molar-refractivity contribution in [2.45, 2.75) is 0 Å². The molecule has 6 heteroatoms. The van der Waals surface area contributed by atoms with E-state index in [-0.39, 0.29) is 27.8 Å². The van der Waals surface area contributed by atoms with Crippen LogP contribution in [0.2, 0.25) is 5.02 Å². The van der Waals surface area contributed by atoms with Gasteiger partial charge in [0.1, 0.15) is 5.75 Å². The van der Waals surface area contributed by atoms with Crippen LogP contribution in [0.1, 0.15) is 10.4 Å². The minimum Gasteiger partial charge on any atom is -0.508 e. The van der Waals surface area contributed by atoms with E-state index in [0.717, 1.165) is 0 Å². The second-order valence-electron chi connectivity index (χ2n) is 4.00. The molecule has 0 saturated carbocycles. The zero-order valence-corrected chi connectivity index (χ0v) is 11.3. The van der Waals surface area contributed by atoms with Gasteiger partial charge in [-0.1, -0.05) is 11.6 Å². The molecule has 0 aromatic heterocycles. The number of anilines is 1. The number of methoxy groups -OCH3 is 1. The van der Waals surface area contributed by atoms with Gasteiger partial charge >= 0.3 is 0 Å². The lowest BCUT2D eigenvalue weighted by atomic mass is 10.2. The number of nitrogens with one attached hydrogen (secondary N) is 1. The van der Waals surface area contributed by atoms with E-state index in [0.29, 0.717) is 5.69 Å². The van der Waals surface area contributed by atoms with Gasteiger partial charge in [-0.25, -0.2) is 0 Å². The molecular formula is C14H12ClNO4. The molecule has 0 atom stereocenters. The van der Waals surface area contributed by atoms with Crippen molar-refractivity contribution < 1.29 is 19.7 Å². The molecule has 0 bridgehead atoms. The van der Waals surface area contributed by atoms with Crippen molar-refractivity contribution in [1.82, 2.24) is 0 Å². The fraction of sp³-hybridized carbons (Fsp3) is 0.0714. The number of benzene rings is 2. The standard InChI is InChI=1S/C14H12ClNO4/c1-20-13-5-2-8(6-12(13)18)14(19)16-11-4-3-9(17)7-10(11)15/h2-7,17-18H,1H3,(H,16,19). The highest BCUT2D eigenvalue weighted by molar-refractivity contribution is 6.34. The number of aromatic hydroxyl groups is 2. The average molecular weight is 294 g/mol. The Morgan fingerprint density at radius 3 is 2.55 bits per heavy atom. The monoisotopic (exact) mass is 293 g/mol. The third-order valence-electron chi connectivity index (χ3n) is 2.64. The maximum absolute atomic E-state index is 12.0. The van der Waals surface area contributed by atoms with E-state index in [4.69, 9.17) is 16.3 Å². The van der Waals surface area contributed by atoms with E-state index in [1.165, 1.54) is 43.5 Å². The van der Waals surface area contributed by atoms with Gasteiger partial charge in [-0.15, -0.1) is 0 Å². The van der Waals surface area contributed by atoms with Gasteiger partial charge in [0, 0.05) is 11.6 Å². The molecule has 2 aromatic carbocycles. The number of carbonyl (C=O) groups is 1. The first-order valence-electron chi connectivity index (χ1n) is 5.68. The topological polar surface area (TPSA) is 78.8 Å². The molecule has 5 nitrogen and oxygen atoms in total. The second kappa shape index (κ2) is 5.71. The molecule has 104 valence electrons. The molecule has 0 fully saturated rings. The molecular weight excluding hydrogens is 282 g/mol. The van der Waals surface area contributed by atoms with E-state index in [2.05, 4.69) is 5.32 Å². The van der Waals surface area contributed by atoms with Gasteiger partial charge in [0.05, 0.1) is 17.8 Å². The summed E-state index contributed by atoms with van der Waals surface area (Å²) < 4.78 is 4.90. The van der Waals surface area contributed by atoms with Crippen molar-refractivity contribution in [1.29, 1.82) is 0 Å². The summed E-state index contributed by atoms with van der Waals surface area (Å²) >= 11 is 5.90. The van der Waals surface area contributed by atoms with Crippen LogP contribution in [0.25, 0.3) is 0 Å². The molecule has 0 saturated heterocycles. The number of amides is 1. The fourth-order valence-corrected chi connectivity index (χ4v) is 1.85. The maximum atomic E-state index is 12.0. The molecule has 0 radical (unpaired) electrons. The highest BCUT2D eigenvalue weighted by Crippen LogP contribution is 2.28. The Kier molecular flexibility index (Phi) is 4.00. The molecule has 0 aliphatic carbocycles. The Morgan fingerprint density at radius 2 is 1.95 bits per heavy atom. The summed E-state index contributed by atoms with van der Waals surface area (Å²) in [5.74, 6) is -0.271.